The molecule has 2 aromatic heterocycles. The fourth-order valence-corrected chi connectivity index (χ4v) is 3.26. The number of hydrogen-bond donors (Lipinski definition) is 0. The van der Waals surface area contributed by atoms with E-state index in [0.717, 1.165) is 12.1 Å². The van der Waals surface area contributed by atoms with Crippen molar-refractivity contribution < 1.29 is 35.9 Å². The van der Waals surface area contributed by atoms with Crippen LogP contribution in [-0.4, -0.2) is 51.1 Å². The summed E-state index contributed by atoms with van der Waals surface area (Å²) in [5, 5.41) is 4.06. The quantitative estimate of drug-likeness (QED) is 0.560. The van der Waals surface area contributed by atoms with Gasteiger partial charge in [-0.15, -0.1) is 13.2 Å². The molecule has 0 N–H and O–H groups in total. The van der Waals surface area contributed by atoms with Gasteiger partial charge in [0.2, 0.25) is 5.91 Å². The van der Waals surface area contributed by atoms with Crippen molar-refractivity contribution in [1.29, 1.82) is 0 Å². The molecule has 1 aromatic carbocycles. The van der Waals surface area contributed by atoms with Crippen LogP contribution in [-0.2, 0) is 16.1 Å². The number of carbonyl (C=O) groups is 1. The van der Waals surface area contributed by atoms with Gasteiger partial charge in [0.15, 0.2) is 0 Å². The van der Waals surface area contributed by atoms with Gasteiger partial charge in [-0.25, -0.2) is 13.2 Å². The van der Waals surface area contributed by atoms with Gasteiger partial charge in [0.25, 0.3) is 6.43 Å². The lowest BCUT2D eigenvalue weighted by atomic mass is 10.0. The van der Waals surface area contributed by atoms with E-state index in [1.807, 2.05) is 0 Å². The number of fused-ring (bicyclic) bond motifs is 1. The van der Waals surface area contributed by atoms with Crippen molar-refractivity contribution in [2.24, 2.45) is 0 Å². The van der Waals surface area contributed by atoms with Crippen LogP contribution in [0, 0.1) is 5.82 Å². The fourth-order valence-electron chi connectivity index (χ4n) is 3.26. The highest BCUT2D eigenvalue weighted by molar-refractivity contribution is 5.83. The molecule has 1 fully saturated rings. The predicted octanol–water partition coefficient (Wildman–Crippen LogP) is 3.92. The van der Waals surface area contributed by atoms with E-state index in [9.17, 15) is 31.1 Å². The summed E-state index contributed by atoms with van der Waals surface area (Å²) in [6.07, 6.45) is -6.04. The molecular formula is C19H14F6N4O2. The molecule has 1 aliphatic heterocycles. The molecule has 12 heteroatoms. The lowest BCUT2D eigenvalue weighted by molar-refractivity contribution is -0.353. The molecule has 6 nitrogen and oxygen atoms in total. The van der Waals surface area contributed by atoms with E-state index in [4.69, 9.17) is 0 Å². The zero-order chi connectivity index (χ0) is 22.3. The molecule has 0 bridgehead atoms. The van der Waals surface area contributed by atoms with E-state index in [-0.39, 0.29) is 19.6 Å². The third kappa shape index (κ3) is 4.48. The Morgan fingerprint density at radius 3 is 2.58 bits per heavy atom. The average molecular weight is 444 g/mol. The minimum absolute atomic E-state index is 0.187. The molecule has 164 valence electrons. The zero-order valence-corrected chi connectivity index (χ0v) is 15.6. The number of rotatable bonds is 5. The number of hydrogen-bond acceptors (Lipinski definition) is 4. The Morgan fingerprint density at radius 1 is 1.16 bits per heavy atom. The molecule has 4 rings (SSSR count). The molecule has 0 saturated carbocycles. The van der Waals surface area contributed by atoms with Crippen molar-refractivity contribution in [3.63, 3.8) is 0 Å². The lowest BCUT2D eigenvalue weighted by Crippen LogP contribution is -2.56. The summed E-state index contributed by atoms with van der Waals surface area (Å²) >= 11 is 0. The second-order valence-corrected chi connectivity index (χ2v) is 6.95. The maximum Gasteiger partial charge on any atom is 0.522 e. The number of benzene rings is 1. The van der Waals surface area contributed by atoms with Crippen LogP contribution in [0.15, 0.2) is 36.7 Å². The van der Waals surface area contributed by atoms with Gasteiger partial charge in [0.05, 0.1) is 17.3 Å². The summed E-state index contributed by atoms with van der Waals surface area (Å²) in [6, 6.07) is 4.86. The summed E-state index contributed by atoms with van der Waals surface area (Å²) in [5.74, 6) is -1.48. The second-order valence-electron chi connectivity index (χ2n) is 6.95. The largest absolute Gasteiger partial charge is 0.522 e. The summed E-state index contributed by atoms with van der Waals surface area (Å²) < 4.78 is 81.3. The van der Waals surface area contributed by atoms with Gasteiger partial charge < -0.3 is 4.90 Å². The Labute approximate surface area is 171 Å². The molecule has 0 radical (unpaired) electrons. The van der Waals surface area contributed by atoms with Crippen LogP contribution in [0.2, 0.25) is 0 Å². The Kier molecular flexibility index (Phi) is 5.33. The number of aromatic nitrogens is 3. The average Bonchev–Trinajstić information content (AvgIpc) is 3.05. The van der Waals surface area contributed by atoms with E-state index < -0.39 is 36.2 Å². The van der Waals surface area contributed by atoms with Crippen LogP contribution in [0.3, 0.4) is 0 Å². The number of halogens is 6. The van der Waals surface area contributed by atoms with Crippen molar-refractivity contribution in [2.75, 3.05) is 13.1 Å². The molecule has 0 unspecified atom stereocenters. The van der Waals surface area contributed by atoms with Crippen molar-refractivity contribution in [3.05, 3.63) is 48.0 Å². The number of nitrogens with zero attached hydrogens (tertiary/aromatic N) is 4. The number of alkyl halides is 5. The third-order valence-corrected chi connectivity index (χ3v) is 4.85. The number of ether oxygens (including phenoxy) is 1. The van der Waals surface area contributed by atoms with Crippen LogP contribution in [0.5, 0.6) is 0 Å². The van der Waals surface area contributed by atoms with Gasteiger partial charge in [-0.05, 0) is 23.8 Å². The summed E-state index contributed by atoms with van der Waals surface area (Å²) in [6.45, 7) is -0.626. The zero-order valence-electron chi connectivity index (χ0n) is 15.6. The van der Waals surface area contributed by atoms with E-state index in [0.29, 0.717) is 22.2 Å². The fraction of sp³-hybridized carbons (Fsp3) is 0.316. The minimum Gasteiger partial charge on any atom is -0.336 e. The van der Waals surface area contributed by atoms with E-state index in [1.54, 1.807) is 6.07 Å². The molecule has 0 spiro atoms. The highest BCUT2D eigenvalue weighted by atomic mass is 19.4. The minimum atomic E-state index is -4.76. The van der Waals surface area contributed by atoms with Gasteiger partial charge in [0.1, 0.15) is 24.0 Å². The Balaban J connectivity index is 1.52. The summed E-state index contributed by atoms with van der Waals surface area (Å²) in [4.78, 5) is 17.7. The maximum absolute atomic E-state index is 13.6. The molecule has 0 atom stereocenters. The normalized spacial score (nSPS) is 15.0. The van der Waals surface area contributed by atoms with Crippen molar-refractivity contribution in [3.8, 4) is 11.1 Å². The molecule has 31 heavy (non-hydrogen) atoms. The predicted molar refractivity (Wildman–Crippen MR) is 95.4 cm³/mol. The second kappa shape index (κ2) is 7.84. The lowest BCUT2D eigenvalue weighted by Gasteiger charge is -2.38. The first-order chi connectivity index (χ1) is 14.6. The topological polar surface area (TPSA) is 60.2 Å². The van der Waals surface area contributed by atoms with Crippen molar-refractivity contribution in [2.45, 2.75) is 25.4 Å². The number of likely N-dealkylation sites (tertiary alicyclic amines) is 1. The van der Waals surface area contributed by atoms with Crippen molar-refractivity contribution >= 4 is 16.9 Å². The third-order valence-electron chi connectivity index (χ3n) is 4.85. The van der Waals surface area contributed by atoms with Crippen LogP contribution < -0.4 is 0 Å². The SMILES string of the molecule is O=C(Cn1ncc2ncc(-c3ccc(F)c(C(F)F)c3)cc21)N1CC(OC(F)(F)F)C1. The molecule has 1 amide bonds. The first kappa shape index (κ1) is 21.1. The number of carbonyl (C=O) groups excluding carboxylic acids is 1. The molecule has 1 aliphatic rings. The van der Waals surface area contributed by atoms with E-state index in [2.05, 4.69) is 14.8 Å². The van der Waals surface area contributed by atoms with Crippen LogP contribution in [0.25, 0.3) is 22.2 Å². The van der Waals surface area contributed by atoms with Gasteiger partial charge in [-0.1, -0.05) is 6.07 Å². The molecule has 3 heterocycles. The molecule has 3 aromatic rings. The monoisotopic (exact) mass is 444 g/mol. The maximum atomic E-state index is 13.6. The van der Waals surface area contributed by atoms with Gasteiger partial charge >= 0.3 is 6.36 Å². The Morgan fingerprint density at radius 2 is 1.90 bits per heavy atom. The highest BCUT2D eigenvalue weighted by Gasteiger charge is 2.40. The van der Waals surface area contributed by atoms with Gasteiger partial charge in [-0.3, -0.25) is 19.2 Å². The first-order valence-corrected chi connectivity index (χ1v) is 9.02. The smallest absolute Gasteiger partial charge is 0.336 e. The Bertz CT molecular complexity index is 1120. The van der Waals surface area contributed by atoms with Crippen LogP contribution in [0.1, 0.15) is 12.0 Å². The standard InChI is InChI=1S/C19H14F6N4O2/c20-14-2-1-10(3-13(14)18(21)22)11-4-16-15(26-5-11)6-27-29(16)9-17(30)28-7-12(8-28)31-19(23,24)25/h1-6,12,18H,7-9H2. The highest BCUT2D eigenvalue weighted by Crippen LogP contribution is 2.29. The van der Waals surface area contributed by atoms with Crippen LogP contribution in [0.4, 0.5) is 26.3 Å². The van der Waals surface area contributed by atoms with E-state index in [1.165, 1.54) is 28.0 Å². The molecular weight excluding hydrogens is 430 g/mol. The number of amides is 1. The molecule has 0 aliphatic carbocycles. The van der Waals surface area contributed by atoms with Gasteiger partial charge in [0, 0.05) is 24.8 Å². The molecule has 1 saturated heterocycles. The number of pyridine rings is 1. The van der Waals surface area contributed by atoms with Crippen molar-refractivity contribution in [1.82, 2.24) is 19.7 Å². The summed E-state index contributed by atoms with van der Waals surface area (Å²) in [7, 11) is 0. The van der Waals surface area contributed by atoms with Crippen LogP contribution >= 0.6 is 0 Å². The Hall–Kier alpha value is -3.15. The van der Waals surface area contributed by atoms with Gasteiger partial charge in [-0.2, -0.15) is 5.10 Å². The van der Waals surface area contributed by atoms with E-state index >= 15 is 0 Å². The summed E-state index contributed by atoms with van der Waals surface area (Å²) in [5.41, 5.74) is 0.813. The first-order valence-electron chi connectivity index (χ1n) is 9.02.